The van der Waals surface area contributed by atoms with Gasteiger partial charge in [-0.3, -0.25) is 24.0 Å². The molecule has 0 spiro atoms. The molecule has 0 saturated carbocycles. The van der Waals surface area contributed by atoms with Crippen molar-refractivity contribution >= 4 is 46.5 Å². The fraction of sp³-hybridized carbons (Fsp3) is 0.136. The molecule has 10 nitrogen and oxygen atoms in total. The van der Waals surface area contributed by atoms with Crippen molar-refractivity contribution in [3.05, 3.63) is 70.1 Å². The van der Waals surface area contributed by atoms with Crippen LogP contribution in [0.5, 0.6) is 5.75 Å². The molecular formula is C22H18N4O6S. The molecule has 0 atom stereocenters. The Labute approximate surface area is 192 Å². The third-order valence-corrected chi connectivity index (χ3v) is 5.77. The molecule has 33 heavy (non-hydrogen) atoms. The summed E-state index contributed by atoms with van der Waals surface area (Å²) >= 11 is 5.44. The first-order valence-electron chi connectivity index (χ1n) is 9.73. The number of amides is 2. The maximum atomic E-state index is 13.4. The van der Waals surface area contributed by atoms with Gasteiger partial charge in [0, 0.05) is 13.1 Å². The zero-order chi connectivity index (χ0) is 24.0. The Morgan fingerprint density at radius 1 is 0.970 bits per heavy atom. The van der Waals surface area contributed by atoms with Gasteiger partial charge in [-0.2, -0.15) is 0 Å². The van der Waals surface area contributed by atoms with Crippen LogP contribution in [-0.4, -0.2) is 42.5 Å². The maximum Gasteiger partial charge on any atom is 0.339 e. The van der Waals surface area contributed by atoms with Crippen molar-refractivity contribution in [2.75, 3.05) is 9.80 Å². The summed E-state index contributed by atoms with van der Waals surface area (Å²) in [7, 11) is 1.66. The minimum absolute atomic E-state index is 0.000214. The number of carboxylic acids is 1. The van der Waals surface area contributed by atoms with E-state index in [1.807, 2.05) is 6.07 Å². The zero-order valence-electron chi connectivity index (χ0n) is 17.6. The highest BCUT2D eigenvalue weighted by atomic mass is 32.1. The molecule has 168 valence electrons. The third kappa shape index (κ3) is 3.48. The fourth-order valence-corrected chi connectivity index (χ4v) is 4.13. The lowest BCUT2D eigenvalue weighted by molar-refractivity contribution is -0.126. The number of carbonyl (C=O) groups excluding carboxylic acids is 2. The Morgan fingerprint density at radius 2 is 1.61 bits per heavy atom. The van der Waals surface area contributed by atoms with Crippen LogP contribution in [0.2, 0.25) is 0 Å². The Bertz CT molecular complexity index is 1390. The molecule has 11 heteroatoms. The fourth-order valence-electron chi connectivity index (χ4n) is 3.73. The lowest BCUT2D eigenvalue weighted by Gasteiger charge is -2.34. The number of rotatable bonds is 4. The van der Waals surface area contributed by atoms with Gasteiger partial charge in [-0.1, -0.05) is 18.2 Å². The van der Waals surface area contributed by atoms with E-state index in [1.165, 1.54) is 10.7 Å². The van der Waals surface area contributed by atoms with Crippen LogP contribution >= 0.6 is 12.2 Å². The third-order valence-electron chi connectivity index (χ3n) is 5.40. The standard InChI is InChI=1S/C22H18N4O6S/c1-12-19(20(30)26(23(12)2)13-6-4-3-5-7-13)25-18(29)11-17(28)24(22(25)33)14-8-9-15(21(31)32)16(27)10-14/h3-10,27H,11H2,1-2H3,(H,31,32). The predicted octanol–water partition coefficient (Wildman–Crippen LogP) is 1.94. The lowest BCUT2D eigenvalue weighted by atomic mass is 10.1. The summed E-state index contributed by atoms with van der Waals surface area (Å²) in [6.45, 7) is 1.65. The molecule has 2 heterocycles. The van der Waals surface area contributed by atoms with Gasteiger partial charge in [-0.05, 0) is 43.4 Å². The predicted molar refractivity (Wildman–Crippen MR) is 123 cm³/mol. The van der Waals surface area contributed by atoms with Crippen LogP contribution < -0.4 is 15.4 Å². The Morgan fingerprint density at radius 3 is 2.21 bits per heavy atom. The topological polar surface area (TPSA) is 125 Å². The molecule has 1 aromatic heterocycles. The first-order valence-corrected chi connectivity index (χ1v) is 10.1. The van der Waals surface area contributed by atoms with Gasteiger partial charge in [0.15, 0.2) is 5.11 Å². The smallest absolute Gasteiger partial charge is 0.339 e. The summed E-state index contributed by atoms with van der Waals surface area (Å²) in [6.07, 6.45) is -0.569. The van der Waals surface area contributed by atoms with E-state index < -0.39 is 35.5 Å². The molecule has 2 N–H and O–H groups in total. The van der Waals surface area contributed by atoms with Gasteiger partial charge in [0.2, 0.25) is 11.8 Å². The number of aromatic nitrogens is 2. The van der Waals surface area contributed by atoms with Gasteiger partial charge in [0.25, 0.3) is 5.56 Å². The van der Waals surface area contributed by atoms with E-state index in [4.69, 9.17) is 17.3 Å². The minimum atomic E-state index is -1.34. The number of aromatic hydroxyl groups is 1. The van der Waals surface area contributed by atoms with Crippen LogP contribution in [0, 0.1) is 6.92 Å². The van der Waals surface area contributed by atoms with E-state index in [1.54, 1.807) is 42.9 Å². The molecule has 1 aliphatic rings. The molecule has 1 saturated heterocycles. The number of nitrogens with zero attached hydrogens (tertiary/aromatic N) is 4. The number of carbonyl (C=O) groups is 3. The first kappa shape index (κ1) is 22.0. The van der Waals surface area contributed by atoms with E-state index in [2.05, 4.69) is 0 Å². The Hall–Kier alpha value is -4.25. The van der Waals surface area contributed by atoms with Gasteiger partial charge in [-0.15, -0.1) is 0 Å². The van der Waals surface area contributed by atoms with Crippen LogP contribution in [0.1, 0.15) is 22.5 Å². The van der Waals surface area contributed by atoms with Crippen LogP contribution in [0.4, 0.5) is 11.4 Å². The minimum Gasteiger partial charge on any atom is -0.507 e. The Balaban J connectivity index is 1.83. The van der Waals surface area contributed by atoms with E-state index in [0.29, 0.717) is 11.4 Å². The van der Waals surface area contributed by atoms with E-state index >= 15 is 0 Å². The number of carboxylic acid groups (broad SMARTS) is 1. The highest BCUT2D eigenvalue weighted by Crippen LogP contribution is 2.30. The van der Waals surface area contributed by atoms with Crippen LogP contribution in [0.25, 0.3) is 5.69 Å². The second kappa shape index (κ2) is 8.02. The molecule has 0 unspecified atom stereocenters. The van der Waals surface area contributed by atoms with Crippen molar-refractivity contribution in [2.45, 2.75) is 13.3 Å². The van der Waals surface area contributed by atoms with Gasteiger partial charge in [0.1, 0.15) is 23.4 Å². The van der Waals surface area contributed by atoms with Crippen molar-refractivity contribution in [3.63, 3.8) is 0 Å². The highest BCUT2D eigenvalue weighted by molar-refractivity contribution is 7.81. The van der Waals surface area contributed by atoms with Gasteiger partial charge < -0.3 is 10.2 Å². The number of hydrogen-bond acceptors (Lipinski definition) is 6. The average Bonchev–Trinajstić information content (AvgIpc) is 2.97. The van der Waals surface area contributed by atoms with Crippen molar-refractivity contribution in [1.82, 2.24) is 9.36 Å². The maximum absolute atomic E-state index is 13.4. The molecule has 1 aliphatic heterocycles. The van der Waals surface area contributed by atoms with Crippen LogP contribution in [0.15, 0.2) is 53.3 Å². The number of anilines is 2. The monoisotopic (exact) mass is 466 g/mol. The zero-order valence-corrected chi connectivity index (χ0v) is 18.4. The van der Waals surface area contributed by atoms with Crippen LogP contribution in [0.3, 0.4) is 0 Å². The SMILES string of the molecule is Cc1c(N2C(=O)CC(=O)N(c3ccc(C(=O)O)c(O)c3)C2=S)c(=O)n(-c2ccccc2)n1C. The van der Waals surface area contributed by atoms with E-state index in [-0.39, 0.29) is 22.1 Å². The molecular weight excluding hydrogens is 448 g/mol. The van der Waals surface area contributed by atoms with Gasteiger partial charge in [-0.25, -0.2) is 14.4 Å². The van der Waals surface area contributed by atoms with Gasteiger partial charge in [0.05, 0.1) is 17.1 Å². The summed E-state index contributed by atoms with van der Waals surface area (Å²) in [5.41, 5.74) is 0.235. The number of thiocarbonyl (C=S) groups is 1. The second-order valence-electron chi connectivity index (χ2n) is 7.33. The largest absolute Gasteiger partial charge is 0.507 e. The molecule has 1 fully saturated rings. The van der Waals surface area contributed by atoms with E-state index in [9.17, 15) is 24.3 Å². The highest BCUT2D eigenvalue weighted by Gasteiger charge is 2.40. The van der Waals surface area contributed by atoms with Crippen molar-refractivity contribution < 1.29 is 24.6 Å². The second-order valence-corrected chi connectivity index (χ2v) is 7.70. The molecule has 0 bridgehead atoms. The number of para-hydroxylation sites is 1. The summed E-state index contributed by atoms with van der Waals surface area (Å²) in [6, 6.07) is 12.3. The van der Waals surface area contributed by atoms with Crippen molar-refractivity contribution in [2.24, 2.45) is 7.05 Å². The normalized spacial score (nSPS) is 14.2. The summed E-state index contributed by atoms with van der Waals surface area (Å²) in [4.78, 5) is 52.1. The molecule has 0 radical (unpaired) electrons. The molecule has 3 aromatic rings. The van der Waals surface area contributed by atoms with Crippen molar-refractivity contribution in [3.8, 4) is 11.4 Å². The number of phenols is 1. The summed E-state index contributed by atoms with van der Waals surface area (Å²) in [5, 5.41) is 18.9. The summed E-state index contributed by atoms with van der Waals surface area (Å²) < 4.78 is 2.96. The summed E-state index contributed by atoms with van der Waals surface area (Å²) in [5.74, 6) is -3.24. The van der Waals surface area contributed by atoms with Gasteiger partial charge >= 0.3 is 5.97 Å². The molecule has 2 aromatic carbocycles. The van der Waals surface area contributed by atoms with E-state index in [0.717, 1.165) is 21.9 Å². The molecule has 4 rings (SSSR count). The first-order chi connectivity index (χ1) is 15.6. The van der Waals surface area contributed by atoms with Crippen molar-refractivity contribution in [1.29, 1.82) is 0 Å². The number of benzene rings is 2. The molecule has 0 aliphatic carbocycles. The van der Waals surface area contributed by atoms with Crippen LogP contribution in [-0.2, 0) is 16.6 Å². The number of hydrogen-bond donors (Lipinski definition) is 2. The average molecular weight is 466 g/mol. The number of aromatic carboxylic acids is 1. The Kier molecular flexibility index (Phi) is 5.34. The molecule has 2 amide bonds. The quantitative estimate of drug-likeness (QED) is 0.445. The lowest BCUT2D eigenvalue weighted by Crippen LogP contribution is -2.56.